The molecule has 0 amide bonds. The van der Waals surface area contributed by atoms with Crippen LogP contribution in [-0.4, -0.2) is 30.1 Å². The van der Waals surface area contributed by atoms with Gasteiger partial charge in [0.25, 0.3) is 0 Å². The molecule has 16 heavy (non-hydrogen) atoms. The molecule has 0 aromatic carbocycles. The molecule has 2 heteroatoms. The van der Waals surface area contributed by atoms with Gasteiger partial charge < -0.3 is 10.6 Å². The Bertz CT molecular complexity index is 209. The summed E-state index contributed by atoms with van der Waals surface area (Å²) in [7, 11) is 0. The molecule has 2 nitrogen and oxygen atoms in total. The Balaban J connectivity index is 1.72. The molecule has 0 aromatic rings. The van der Waals surface area contributed by atoms with E-state index in [1.807, 2.05) is 0 Å². The van der Waals surface area contributed by atoms with Gasteiger partial charge in [0.15, 0.2) is 0 Å². The van der Waals surface area contributed by atoms with Crippen molar-refractivity contribution in [2.24, 2.45) is 11.7 Å². The molecule has 1 aliphatic carbocycles. The van der Waals surface area contributed by atoms with Crippen LogP contribution in [0.25, 0.3) is 0 Å². The van der Waals surface area contributed by atoms with Crippen molar-refractivity contribution in [2.75, 3.05) is 19.6 Å². The first kappa shape index (κ1) is 12.4. The Morgan fingerprint density at radius 1 is 1.25 bits per heavy atom. The van der Waals surface area contributed by atoms with E-state index in [0.29, 0.717) is 0 Å². The summed E-state index contributed by atoms with van der Waals surface area (Å²) in [5.41, 5.74) is 6.61. The monoisotopic (exact) mass is 224 g/mol. The molecule has 0 spiro atoms. The maximum Gasteiger partial charge on any atom is 0.0166 e. The molecule has 1 saturated carbocycles. The molecule has 2 aliphatic rings. The highest BCUT2D eigenvalue weighted by atomic mass is 15.1. The van der Waals surface area contributed by atoms with Crippen LogP contribution in [0.5, 0.6) is 0 Å². The zero-order chi connectivity index (χ0) is 11.4. The van der Waals surface area contributed by atoms with E-state index >= 15 is 0 Å². The lowest BCUT2D eigenvalue weighted by atomic mass is 9.92. The van der Waals surface area contributed by atoms with Crippen molar-refractivity contribution >= 4 is 0 Å². The summed E-state index contributed by atoms with van der Waals surface area (Å²) in [5, 5.41) is 0. The summed E-state index contributed by atoms with van der Waals surface area (Å²) in [6.07, 6.45) is 10.7. The minimum absolute atomic E-state index is 0.194. The van der Waals surface area contributed by atoms with Crippen molar-refractivity contribution in [2.45, 2.75) is 63.8 Å². The van der Waals surface area contributed by atoms with Crippen molar-refractivity contribution < 1.29 is 0 Å². The molecule has 2 rings (SSSR count). The number of hydrogen-bond acceptors (Lipinski definition) is 2. The first-order chi connectivity index (χ1) is 7.72. The lowest BCUT2D eigenvalue weighted by Crippen LogP contribution is -2.43. The van der Waals surface area contributed by atoms with E-state index in [2.05, 4.69) is 11.8 Å². The largest absolute Gasteiger partial charge is 0.325 e. The van der Waals surface area contributed by atoms with Crippen LogP contribution in [0.2, 0.25) is 0 Å². The second-order valence-corrected chi connectivity index (χ2v) is 6.04. The number of hydrogen-bond donors (Lipinski definition) is 1. The van der Waals surface area contributed by atoms with Crippen LogP contribution in [0.3, 0.4) is 0 Å². The highest BCUT2D eigenvalue weighted by Gasteiger charge is 2.30. The topological polar surface area (TPSA) is 29.3 Å². The van der Waals surface area contributed by atoms with E-state index in [1.54, 1.807) is 0 Å². The second kappa shape index (κ2) is 5.50. The molecule has 1 heterocycles. The fraction of sp³-hybridized carbons (Fsp3) is 1.00. The Morgan fingerprint density at radius 2 is 2.00 bits per heavy atom. The van der Waals surface area contributed by atoms with Crippen LogP contribution in [0.15, 0.2) is 0 Å². The van der Waals surface area contributed by atoms with Crippen LogP contribution in [0.1, 0.15) is 58.3 Å². The molecule has 0 bridgehead atoms. The summed E-state index contributed by atoms with van der Waals surface area (Å²) in [6, 6.07) is 0. The average molecular weight is 224 g/mol. The number of rotatable bonds is 4. The molecular weight excluding hydrogens is 196 g/mol. The van der Waals surface area contributed by atoms with E-state index in [4.69, 9.17) is 5.73 Å². The van der Waals surface area contributed by atoms with E-state index in [1.165, 1.54) is 71.0 Å². The van der Waals surface area contributed by atoms with Crippen molar-refractivity contribution in [3.63, 3.8) is 0 Å². The van der Waals surface area contributed by atoms with Crippen LogP contribution < -0.4 is 5.73 Å². The van der Waals surface area contributed by atoms with Crippen molar-refractivity contribution in [1.82, 2.24) is 4.90 Å². The van der Waals surface area contributed by atoms with Gasteiger partial charge in [-0.3, -0.25) is 0 Å². The molecule has 0 aromatic heterocycles. The van der Waals surface area contributed by atoms with E-state index in [-0.39, 0.29) is 5.54 Å². The SMILES string of the molecule is CCC1CCCN(CCC2(N)CCCC2)C1. The zero-order valence-corrected chi connectivity index (χ0v) is 10.9. The third kappa shape index (κ3) is 3.21. The van der Waals surface area contributed by atoms with Crippen molar-refractivity contribution in [3.8, 4) is 0 Å². The predicted molar refractivity (Wildman–Crippen MR) is 69.5 cm³/mol. The molecule has 2 fully saturated rings. The number of nitrogens with two attached hydrogens (primary N) is 1. The van der Waals surface area contributed by atoms with Crippen LogP contribution in [-0.2, 0) is 0 Å². The highest BCUT2D eigenvalue weighted by Crippen LogP contribution is 2.30. The van der Waals surface area contributed by atoms with Crippen LogP contribution >= 0.6 is 0 Å². The van der Waals surface area contributed by atoms with E-state index in [0.717, 1.165) is 5.92 Å². The van der Waals surface area contributed by atoms with Gasteiger partial charge in [-0.05, 0) is 51.1 Å². The average Bonchev–Trinajstić information content (AvgIpc) is 2.75. The minimum atomic E-state index is 0.194. The number of piperidine rings is 1. The minimum Gasteiger partial charge on any atom is -0.325 e. The van der Waals surface area contributed by atoms with Crippen molar-refractivity contribution in [3.05, 3.63) is 0 Å². The molecule has 1 aliphatic heterocycles. The lowest BCUT2D eigenvalue weighted by molar-refractivity contribution is 0.157. The predicted octanol–water partition coefficient (Wildman–Crippen LogP) is 2.77. The number of likely N-dealkylation sites (tertiary alicyclic amines) is 1. The maximum atomic E-state index is 6.42. The number of nitrogens with zero attached hydrogens (tertiary/aromatic N) is 1. The lowest BCUT2D eigenvalue weighted by Gasteiger charge is -2.34. The molecule has 2 N–H and O–H groups in total. The molecule has 1 saturated heterocycles. The smallest absolute Gasteiger partial charge is 0.0166 e. The normalized spacial score (nSPS) is 30.8. The Morgan fingerprint density at radius 3 is 2.69 bits per heavy atom. The van der Waals surface area contributed by atoms with Gasteiger partial charge in [0, 0.05) is 12.1 Å². The van der Waals surface area contributed by atoms with Gasteiger partial charge >= 0.3 is 0 Å². The van der Waals surface area contributed by atoms with Crippen LogP contribution in [0.4, 0.5) is 0 Å². The fourth-order valence-electron chi connectivity index (χ4n) is 3.40. The highest BCUT2D eigenvalue weighted by molar-refractivity contribution is 4.90. The summed E-state index contributed by atoms with van der Waals surface area (Å²) < 4.78 is 0. The van der Waals surface area contributed by atoms with Gasteiger partial charge in [-0.15, -0.1) is 0 Å². The summed E-state index contributed by atoms with van der Waals surface area (Å²) in [4.78, 5) is 2.66. The molecular formula is C14H28N2. The fourth-order valence-corrected chi connectivity index (χ4v) is 3.40. The summed E-state index contributed by atoms with van der Waals surface area (Å²) >= 11 is 0. The third-order valence-corrected chi connectivity index (χ3v) is 4.71. The Hall–Kier alpha value is -0.0800. The van der Waals surface area contributed by atoms with E-state index in [9.17, 15) is 0 Å². The summed E-state index contributed by atoms with van der Waals surface area (Å²) in [6.45, 7) is 6.21. The van der Waals surface area contributed by atoms with Gasteiger partial charge in [-0.1, -0.05) is 26.2 Å². The van der Waals surface area contributed by atoms with Crippen molar-refractivity contribution in [1.29, 1.82) is 0 Å². The molecule has 0 radical (unpaired) electrons. The van der Waals surface area contributed by atoms with Gasteiger partial charge in [0.1, 0.15) is 0 Å². The standard InChI is InChI=1S/C14H28N2/c1-2-13-6-5-10-16(12-13)11-9-14(15)7-3-4-8-14/h13H,2-12,15H2,1H3. The van der Waals surface area contributed by atoms with E-state index < -0.39 is 0 Å². The van der Waals surface area contributed by atoms with Crippen LogP contribution in [0, 0.1) is 5.92 Å². The van der Waals surface area contributed by atoms with Gasteiger partial charge in [0.05, 0.1) is 0 Å². The zero-order valence-electron chi connectivity index (χ0n) is 10.9. The second-order valence-electron chi connectivity index (χ2n) is 6.04. The Labute approximate surface area is 101 Å². The van der Waals surface area contributed by atoms with Gasteiger partial charge in [-0.2, -0.15) is 0 Å². The first-order valence-corrected chi connectivity index (χ1v) is 7.23. The Kier molecular flexibility index (Phi) is 4.26. The first-order valence-electron chi connectivity index (χ1n) is 7.23. The molecule has 1 unspecified atom stereocenters. The maximum absolute atomic E-state index is 6.42. The molecule has 94 valence electrons. The summed E-state index contributed by atoms with van der Waals surface area (Å²) in [5.74, 6) is 0.950. The van der Waals surface area contributed by atoms with Gasteiger partial charge in [-0.25, -0.2) is 0 Å². The van der Waals surface area contributed by atoms with Gasteiger partial charge in [0.2, 0.25) is 0 Å². The third-order valence-electron chi connectivity index (χ3n) is 4.71. The molecule has 1 atom stereocenters. The quantitative estimate of drug-likeness (QED) is 0.795.